The molecule has 1 saturated heterocycles. The molecule has 130 valence electrons. The number of carbonyl (C=O) groups excluding carboxylic acids is 1. The second-order valence-electron chi connectivity index (χ2n) is 6.33. The van der Waals surface area contributed by atoms with Crippen molar-refractivity contribution >= 4 is 12.2 Å². The first-order chi connectivity index (χ1) is 12.6. The molecule has 0 aliphatic carbocycles. The van der Waals surface area contributed by atoms with E-state index in [0.29, 0.717) is 18.5 Å². The Morgan fingerprint density at radius 1 is 1.27 bits per heavy atom. The maximum absolute atomic E-state index is 13.1. The van der Waals surface area contributed by atoms with Crippen LogP contribution >= 0.6 is 0 Å². The maximum atomic E-state index is 13.1. The normalized spacial score (nSPS) is 21.6. The lowest BCUT2D eigenvalue weighted by atomic mass is 10.0. The van der Waals surface area contributed by atoms with E-state index in [1.165, 1.54) is 17.1 Å². The highest BCUT2D eigenvalue weighted by atomic mass is 19.1. The van der Waals surface area contributed by atoms with Crippen molar-refractivity contribution in [2.75, 3.05) is 0 Å². The summed E-state index contributed by atoms with van der Waals surface area (Å²) in [6, 6.07) is 15.1. The molecule has 2 heterocycles. The van der Waals surface area contributed by atoms with Crippen LogP contribution in [-0.2, 0) is 11.3 Å². The van der Waals surface area contributed by atoms with Crippen molar-refractivity contribution in [3.63, 3.8) is 0 Å². The average Bonchev–Trinajstić information content (AvgIpc) is 3.10. The molecule has 2 aromatic rings. The monoisotopic (exact) mass is 349 g/mol. The zero-order valence-corrected chi connectivity index (χ0v) is 13.8. The minimum absolute atomic E-state index is 0.0714. The third-order valence-corrected chi connectivity index (χ3v) is 4.62. The van der Waals surface area contributed by atoms with Gasteiger partial charge in [-0.3, -0.25) is 9.80 Å². The third-order valence-electron chi connectivity index (χ3n) is 4.62. The number of rotatable bonds is 3. The second kappa shape index (κ2) is 6.58. The molecular formula is C19H16FN5O. The van der Waals surface area contributed by atoms with E-state index in [1.807, 2.05) is 6.07 Å². The SMILES string of the molecule is N#Cc1cccc(CN2N=CN3NC(c4ccc(F)cc4)CC3C2=O)c1. The number of hydrogen-bond acceptors (Lipinski definition) is 5. The zero-order valence-electron chi connectivity index (χ0n) is 13.8. The molecule has 7 heteroatoms. The Kier molecular flexibility index (Phi) is 4.11. The van der Waals surface area contributed by atoms with E-state index in [4.69, 9.17) is 5.26 Å². The summed E-state index contributed by atoms with van der Waals surface area (Å²) in [7, 11) is 0. The molecule has 2 aliphatic rings. The fourth-order valence-corrected chi connectivity index (χ4v) is 3.28. The van der Waals surface area contributed by atoms with Crippen LogP contribution in [0.5, 0.6) is 0 Å². The highest BCUT2D eigenvalue weighted by molar-refractivity contribution is 5.87. The predicted molar refractivity (Wildman–Crippen MR) is 92.7 cm³/mol. The van der Waals surface area contributed by atoms with Gasteiger partial charge in [0, 0.05) is 0 Å². The van der Waals surface area contributed by atoms with Gasteiger partial charge >= 0.3 is 0 Å². The minimum Gasteiger partial charge on any atom is -0.283 e. The number of hydrazine groups is 1. The minimum atomic E-state index is -0.360. The number of nitrogens with one attached hydrogen (secondary N) is 1. The number of nitriles is 1. The number of nitrogens with zero attached hydrogens (tertiary/aromatic N) is 4. The molecule has 0 aromatic heterocycles. The van der Waals surface area contributed by atoms with E-state index >= 15 is 0 Å². The van der Waals surface area contributed by atoms with Crippen LogP contribution in [0.3, 0.4) is 0 Å². The summed E-state index contributed by atoms with van der Waals surface area (Å²) in [5.41, 5.74) is 5.56. The fourth-order valence-electron chi connectivity index (χ4n) is 3.28. The molecule has 2 unspecified atom stereocenters. The van der Waals surface area contributed by atoms with Gasteiger partial charge in [0.15, 0.2) is 0 Å². The highest BCUT2D eigenvalue weighted by Gasteiger charge is 2.40. The Hall–Kier alpha value is -3.24. The summed E-state index contributed by atoms with van der Waals surface area (Å²) in [5, 5.41) is 16.4. The van der Waals surface area contributed by atoms with Gasteiger partial charge < -0.3 is 0 Å². The topological polar surface area (TPSA) is 71.7 Å². The first-order valence-corrected chi connectivity index (χ1v) is 8.28. The maximum Gasteiger partial charge on any atom is 0.267 e. The van der Waals surface area contributed by atoms with Crippen molar-refractivity contribution in [2.45, 2.75) is 25.0 Å². The molecule has 1 fully saturated rings. The van der Waals surface area contributed by atoms with E-state index in [0.717, 1.165) is 11.1 Å². The van der Waals surface area contributed by atoms with Crippen molar-refractivity contribution in [1.29, 1.82) is 5.26 Å². The molecule has 1 N–H and O–H groups in total. The molecular weight excluding hydrogens is 333 g/mol. The Morgan fingerprint density at radius 3 is 2.85 bits per heavy atom. The number of fused-ring (bicyclic) bond motifs is 1. The summed E-state index contributed by atoms with van der Waals surface area (Å²) in [5.74, 6) is -0.389. The van der Waals surface area contributed by atoms with Gasteiger partial charge in [-0.05, 0) is 41.8 Å². The lowest BCUT2D eigenvalue weighted by molar-refractivity contribution is -0.137. The van der Waals surface area contributed by atoms with Crippen LogP contribution in [0.4, 0.5) is 4.39 Å². The van der Waals surface area contributed by atoms with E-state index in [2.05, 4.69) is 16.6 Å². The third kappa shape index (κ3) is 3.03. The number of halogens is 1. The van der Waals surface area contributed by atoms with Crippen LogP contribution in [-0.4, -0.2) is 28.3 Å². The number of benzene rings is 2. The zero-order chi connectivity index (χ0) is 18.1. The average molecular weight is 349 g/mol. The number of carbonyl (C=O) groups is 1. The van der Waals surface area contributed by atoms with Crippen molar-refractivity contribution in [2.24, 2.45) is 5.10 Å². The van der Waals surface area contributed by atoms with Gasteiger partial charge in [0.1, 0.15) is 18.2 Å². The van der Waals surface area contributed by atoms with E-state index in [9.17, 15) is 9.18 Å². The van der Waals surface area contributed by atoms with Crippen LogP contribution in [0.15, 0.2) is 53.6 Å². The quantitative estimate of drug-likeness (QED) is 0.923. The summed E-state index contributed by atoms with van der Waals surface area (Å²) in [6.45, 7) is 0.316. The lowest BCUT2D eigenvalue weighted by Crippen LogP contribution is -2.50. The van der Waals surface area contributed by atoms with Crippen LogP contribution in [0.1, 0.15) is 29.2 Å². The molecule has 0 radical (unpaired) electrons. The molecule has 2 aromatic carbocycles. The molecule has 0 bridgehead atoms. The Labute approximate surface area is 150 Å². The standard InChI is InChI=1S/C19H16FN5O/c20-16-6-4-15(5-7-16)17-9-18-19(26)24(22-12-25(18)23-17)11-14-3-1-2-13(8-14)10-21/h1-8,12,17-18,23H,9,11H2. The van der Waals surface area contributed by atoms with Crippen molar-refractivity contribution in [1.82, 2.24) is 15.4 Å². The van der Waals surface area contributed by atoms with E-state index in [-0.39, 0.29) is 23.8 Å². The smallest absolute Gasteiger partial charge is 0.267 e. The number of amides is 1. The van der Waals surface area contributed by atoms with Gasteiger partial charge in [-0.1, -0.05) is 24.3 Å². The van der Waals surface area contributed by atoms with E-state index in [1.54, 1.807) is 41.7 Å². The number of hydrogen-bond donors (Lipinski definition) is 1. The van der Waals surface area contributed by atoms with Gasteiger partial charge in [-0.25, -0.2) is 14.8 Å². The largest absolute Gasteiger partial charge is 0.283 e. The van der Waals surface area contributed by atoms with Crippen LogP contribution in [0.25, 0.3) is 0 Å². The molecule has 2 atom stereocenters. The Balaban J connectivity index is 1.49. The molecule has 6 nitrogen and oxygen atoms in total. The van der Waals surface area contributed by atoms with Gasteiger partial charge in [-0.2, -0.15) is 10.4 Å². The first-order valence-electron chi connectivity index (χ1n) is 8.28. The summed E-state index contributed by atoms with van der Waals surface area (Å²) < 4.78 is 13.1. The fraction of sp³-hybridized carbons (Fsp3) is 0.211. The Morgan fingerprint density at radius 2 is 2.08 bits per heavy atom. The van der Waals surface area contributed by atoms with Crippen LogP contribution in [0, 0.1) is 17.1 Å². The molecule has 0 spiro atoms. The van der Waals surface area contributed by atoms with Crippen molar-refractivity contribution in [3.05, 3.63) is 71.0 Å². The van der Waals surface area contributed by atoms with Crippen LogP contribution in [0.2, 0.25) is 0 Å². The molecule has 1 amide bonds. The van der Waals surface area contributed by atoms with Gasteiger partial charge in [0.2, 0.25) is 0 Å². The Bertz CT molecular complexity index is 905. The molecule has 4 rings (SSSR count). The highest BCUT2D eigenvalue weighted by Crippen LogP contribution is 2.30. The lowest BCUT2D eigenvalue weighted by Gasteiger charge is -2.30. The van der Waals surface area contributed by atoms with Crippen molar-refractivity contribution < 1.29 is 9.18 Å². The summed E-state index contributed by atoms with van der Waals surface area (Å²) in [4.78, 5) is 12.8. The van der Waals surface area contributed by atoms with Crippen molar-refractivity contribution in [3.8, 4) is 6.07 Å². The first kappa shape index (κ1) is 16.2. The predicted octanol–water partition coefficient (Wildman–Crippen LogP) is 2.30. The molecule has 26 heavy (non-hydrogen) atoms. The summed E-state index contributed by atoms with van der Waals surface area (Å²) >= 11 is 0. The molecule has 2 aliphatic heterocycles. The number of hydrazone groups is 1. The van der Waals surface area contributed by atoms with Gasteiger partial charge in [0.05, 0.1) is 24.2 Å². The van der Waals surface area contributed by atoms with Gasteiger partial charge in [0.25, 0.3) is 5.91 Å². The molecule has 0 saturated carbocycles. The summed E-state index contributed by atoms with van der Waals surface area (Å²) in [6.07, 6.45) is 2.18. The second-order valence-corrected chi connectivity index (χ2v) is 6.33. The van der Waals surface area contributed by atoms with Gasteiger partial charge in [-0.15, -0.1) is 0 Å². The van der Waals surface area contributed by atoms with Crippen LogP contribution < -0.4 is 5.43 Å². The van der Waals surface area contributed by atoms with E-state index < -0.39 is 0 Å².